The average Bonchev–Trinajstić information content (AvgIpc) is 2.82. The van der Waals surface area contributed by atoms with E-state index in [9.17, 15) is 8.42 Å². The summed E-state index contributed by atoms with van der Waals surface area (Å²) >= 11 is 9.51. The molecule has 0 aromatic heterocycles. The third-order valence-corrected chi connectivity index (χ3v) is 6.59. The molecule has 7 heteroatoms. The molecule has 2 aromatic carbocycles. The fraction of sp³-hybridized carbons (Fsp3) is 0.250. The average molecular weight is 417 g/mol. The van der Waals surface area contributed by atoms with E-state index in [0.29, 0.717) is 17.9 Å². The third kappa shape index (κ3) is 2.84. The molecule has 1 aliphatic heterocycles. The summed E-state index contributed by atoms with van der Waals surface area (Å²) in [7, 11) is -2.19. The van der Waals surface area contributed by atoms with E-state index in [2.05, 4.69) is 15.9 Å². The van der Waals surface area contributed by atoms with Crippen LogP contribution in [0.1, 0.15) is 12.5 Å². The predicted octanol–water partition coefficient (Wildman–Crippen LogP) is 4.25. The van der Waals surface area contributed by atoms with Crippen molar-refractivity contribution >= 4 is 43.2 Å². The summed E-state index contributed by atoms with van der Waals surface area (Å²) in [5.41, 5.74) is 1.72. The lowest BCUT2D eigenvalue weighted by Crippen LogP contribution is -2.35. The zero-order chi connectivity index (χ0) is 16.8. The molecular weight excluding hydrogens is 402 g/mol. The highest BCUT2D eigenvalue weighted by Crippen LogP contribution is 2.39. The van der Waals surface area contributed by atoms with Gasteiger partial charge in [0, 0.05) is 10.5 Å². The van der Waals surface area contributed by atoms with E-state index in [1.807, 2.05) is 25.1 Å². The molecule has 2 aromatic rings. The van der Waals surface area contributed by atoms with E-state index in [-0.39, 0.29) is 16.0 Å². The number of hydrogen-bond donors (Lipinski definition) is 0. The second-order valence-corrected chi connectivity index (χ2v) is 8.56. The number of hydrogen-bond acceptors (Lipinski definition) is 3. The van der Waals surface area contributed by atoms with Gasteiger partial charge in [0.1, 0.15) is 5.75 Å². The molecule has 1 aliphatic rings. The van der Waals surface area contributed by atoms with Crippen molar-refractivity contribution in [2.45, 2.75) is 24.3 Å². The first kappa shape index (κ1) is 16.6. The van der Waals surface area contributed by atoms with Crippen LogP contribution in [0.5, 0.6) is 5.75 Å². The maximum Gasteiger partial charge on any atom is 0.264 e. The Bertz CT molecular complexity index is 870. The first-order chi connectivity index (χ1) is 10.8. The lowest BCUT2D eigenvalue weighted by Gasteiger charge is -2.24. The Balaban J connectivity index is 2.09. The number of rotatable bonds is 3. The van der Waals surface area contributed by atoms with E-state index < -0.39 is 10.0 Å². The number of sulfonamides is 1. The van der Waals surface area contributed by atoms with Gasteiger partial charge in [0.2, 0.25) is 0 Å². The molecule has 0 radical (unpaired) electrons. The zero-order valence-electron chi connectivity index (χ0n) is 12.6. The molecule has 0 saturated heterocycles. The first-order valence-corrected chi connectivity index (χ1v) is 9.62. The van der Waals surface area contributed by atoms with Crippen molar-refractivity contribution in [1.29, 1.82) is 0 Å². The molecule has 0 amide bonds. The third-order valence-electron chi connectivity index (χ3n) is 3.87. The summed E-state index contributed by atoms with van der Waals surface area (Å²) in [5, 5.41) is 0.274. The number of ether oxygens (including phenoxy) is 1. The zero-order valence-corrected chi connectivity index (χ0v) is 15.7. The maximum absolute atomic E-state index is 13.1. The van der Waals surface area contributed by atoms with Crippen LogP contribution >= 0.6 is 27.5 Å². The molecule has 0 saturated carbocycles. The highest BCUT2D eigenvalue weighted by Gasteiger charge is 2.36. The van der Waals surface area contributed by atoms with Crippen molar-refractivity contribution in [1.82, 2.24) is 0 Å². The Hall–Kier alpha value is -1.24. The molecule has 1 atom stereocenters. The van der Waals surface area contributed by atoms with Gasteiger partial charge in [-0.15, -0.1) is 0 Å². The molecular formula is C16H15BrClNO3S. The molecule has 0 unspecified atom stereocenters. The first-order valence-electron chi connectivity index (χ1n) is 7.01. The van der Waals surface area contributed by atoms with Crippen LogP contribution in [0, 0.1) is 0 Å². The normalized spacial score (nSPS) is 17.2. The van der Waals surface area contributed by atoms with Gasteiger partial charge in [-0.1, -0.05) is 27.5 Å². The highest BCUT2D eigenvalue weighted by molar-refractivity contribution is 9.10. The Morgan fingerprint density at radius 1 is 1.26 bits per heavy atom. The monoisotopic (exact) mass is 415 g/mol. The fourth-order valence-electron chi connectivity index (χ4n) is 2.86. The van der Waals surface area contributed by atoms with E-state index in [1.54, 1.807) is 6.07 Å². The largest absolute Gasteiger partial charge is 0.495 e. The van der Waals surface area contributed by atoms with Gasteiger partial charge in [-0.2, -0.15) is 0 Å². The quantitative estimate of drug-likeness (QED) is 0.751. The van der Waals surface area contributed by atoms with Crippen molar-refractivity contribution in [3.63, 3.8) is 0 Å². The second-order valence-electron chi connectivity index (χ2n) is 5.42. The van der Waals surface area contributed by atoms with Gasteiger partial charge in [0.15, 0.2) is 0 Å². The van der Waals surface area contributed by atoms with Crippen molar-refractivity contribution in [3.05, 3.63) is 51.5 Å². The number of benzene rings is 2. The van der Waals surface area contributed by atoms with Gasteiger partial charge < -0.3 is 4.74 Å². The molecule has 122 valence electrons. The van der Waals surface area contributed by atoms with Crippen LogP contribution in [0.25, 0.3) is 0 Å². The van der Waals surface area contributed by atoms with E-state index in [1.165, 1.54) is 23.5 Å². The standard InChI is InChI=1S/C16H15BrClNO3S/c1-10-7-11-8-12(17)3-5-15(11)19(10)23(20,21)13-4-6-16(22-2)14(18)9-13/h3-6,8-10H,7H2,1-2H3/t10-/m1/s1. The minimum absolute atomic E-state index is 0.148. The van der Waals surface area contributed by atoms with Gasteiger partial charge in [-0.25, -0.2) is 8.42 Å². The van der Waals surface area contributed by atoms with Gasteiger partial charge in [-0.05, 0) is 55.3 Å². The number of anilines is 1. The minimum Gasteiger partial charge on any atom is -0.495 e. The number of nitrogens with zero attached hydrogens (tertiary/aromatic N) is 1. The Morgan fingerprint density at radius 3 is 2.65 bits per heavy atom. The van der Waals surface area contributed by atoms with Gasteiger partial charge in [0.05, 0.1) is 22.7 Å². The van der Waals surface area contributed by atoms with E-state index in [4.69, 9.17) is 16.3 Å². The number of halogens is 2. The molecule has 0 N–H and O–H groups in total. The number of fused-ring (bicyclic) bond motifs is 1. The topological polar surface area (TPSA) is 46.6 Å². The van der Waals surface area contributed by atoms with Crippen molar-refractivity contribution < 1.29 is 13.2 Å². The van der Waals surface area contributed by atoms with Crippen LogP contribution in [0.2, 0.25) is 5.02 Å². The number of methoxy groups -OCH3 is 1. The summed E-state index contributed by atoms with van der Waals surface area (Å²) in [6.07, 6.45) is 0.678. The van der Waals surface area contributed by atoms with Crippen molar-refractivity contribution in [3.8, 4) is 5.75 Å². The van der Waals surface area contributed by atoms with Gasteiger partial charge in [0.25, 0.3) is 10.0 Å². The van der Waals surface area contributed by atoms with Gasteiger partial charge >= 0.3 is 0 Å². The van der Waals surface area contributed by atoms with Crippen LogP contribution < -0.4 is 9.04 Å². The smallest absolute Gasteiger partial charge is 0.264 e. The highest BCUT2D eigenvalue weighted by atomic mass is 79.9. The Labute approximate surface area is 149 Å². The summed E-state index contributed by atoms with van der Waals surface area (Å²) in [4.78, 5) is 0.158. The summed E-state index contributed by atoms with van der Waals surface area (Å²) in [5.74, 6) is 0.449. The lowest BCUT2D eigenvalue weighted by molar-refractivity contribution is 0.414. The van der Waals surface area contributed by atoms with Crippen molar-refractivity contribution in [2.24, 2.45) is 0 Å². The van der Waals surface area contributed by atoms with Gasteiger partial charge in [-0.3, -0.25) is 4.31 Å². The second kappa shape index (κ2) is 6.00. The van der Waals surface area contributed by atoms with Crippen LogP contribution in [0.3, 0.4) is 0 Å². The molecule has 23 heavy (non-hydrogen) atoms. The van der Waals surface area contributed by atoms with Crippen LogP contribution in [0.4, 0.5) is 5.69 Å². The SMILES string of the molecule is COc1ccc(S(=O)(=O)N2c3ccc(Br)cc3C[C@H]2C)cc1Cl. The molecule has 0 aliphatic carbocycles. The fourth-order valence-corrected chi connectivity index (χ4v) is 5.31. The molecule has 4 nitrogen and oxygen atoms in total. The summed E-state index contributed by atoms with van der Waals surface area (Å²) in [6.45, 7) is 1.90. The molecule has 0 fully saturated rings. The summed E-state index contributed by atoms with van der Waals surface area (Å²) < 4.78 is 33.6. The summed E-state index contributed by atoms with van der Waals surface area (Å²) in [6, 6.07) is 10.0. The minimum atomic E-state index is -3.68. The molecule has 0 bridgehead atoms. The predicted molar refractivity (Wildman–Crippen MR) is 95.0 cm³/mol. The maximum atomic E-state index is 13.1. The lowest BCUT2D eigenvalue weighted by atomic mass is 10.1. The van der Waals surface area contributed by atoms with Crippen LogP contribution in [-0.4, -0.2) is 21.6 Å². The Morgan fingerprint density at radius 2 is 2.00 bits per heavy atom. The van der Waals surface area contributed by atoms with E-state index >= 15 is 0 Å². The van der Waals surface area contributed by atoms with Crippen LogP contribution in [-0.2, 0) is 16.4 Å². The molecule has 1 heterocycles. The van der Waals surface area contributed by atoms with Crippen LogP contribution in [0.15, 0.2) is 45.8 Å². The van der Waals surface area contributed by atoms with Crippen molar-refractivity contribution in [2.75, 3.05) is 11.4 Å². The Kier molecular flexibility index (Phi) is 4.33. The molecule has 0 spiro atoms. The van der Waals surface area contributed by atoms with E-state index in [0.717, 1.165) is 10.0 Å². The molecule has 3 rings (SSSR count).